The summed E-state index contributed by atoms with van der Waals surface area (Å²) in [6.07, 6.45) is 12.9. The maximum absolute atomic E-state index is 12.2. The van der Waals surface area contributed by atoms with Gasteiger partial charge in [-0.2, -0.15) is 16.9 Å². The van der Waals surface area contributed by atoms with Crippen molar-refractivity contribution in [2.24, 2.45) is 0 Å². The minimum Gasteiger partial charge on any atom is -0.337 e. The predicted octanol–water partition coefficient (Wildman–Crippen LogP) is 2.56. The Morgan fingerprint density at radius 1 is 1.43 bits per heavy atom. The van der Waals surface area contributed by atoms with Crippen molar-refractivity contribution in [1.82, 2.24) is 20.4 Å². The molecule has 5 nitrogen and oxygen atoms in total. The van der Waals surface area contributed by atoms with Crippen molar-refractivity contribution < 1.29 is 4.79 Å². The number of nitrogens with one attached hydrogen (secondary N) is 2. The molecule has 2 aliphatic carbocycles. The van der Waals surface area contributed by atoms with E-state index in [1.54, 1.807) is 6.20 Å². The van der Waals surface area contributed by atoms with Gasteiger partial charge in [0.1, 0.15) is 0 Å². The van der Waals surface area contributed by atoms with Gasteiger partial charge in [0.2, 0.25) is 0 Å². The molecule has 1 heterocycles. The third-order valence-electron chi connectivity index (χ3n) is 4.72. The van der Waals surface area contributed by atoms with Crippen LogP contribution in [0.25, 0.3) is 0 Å². The molecular formula is C15H24N4OS. The molecule has 0 aliphatic heterocycles. The van der Waals surface area contributed by atoms with Gasteiger partial charge >= 0.3 is 6.03 Å². The molecule has 21 heavy (non-hydrogen) atoms. The Morgan fingerprint density at radius 3 is 2.90 bits per heavy atom. The highest BCUT2D eigenvalue weighted by Crippen LogP contribution is 2.46. The van der Waals surface area contributed by atoms with Crippen LogP contribution in [0.2, 0.25) is 0 Å². The molecule has 2 saturated carbocycles. The quantitative estimate of drug-likeness (QED) is 0.879. The second-order valence-corrected chi connectivity index (χ2v) is 7.43. The standard InChI is InChI=1S/C15H24N4OS/c1-21-15(7-8-15)11-16-14(20)18-12-5-2-3-6-13(12)19-10-4-9-17-19/h4,9-10,12-13H,2-3,5-8,11H2,1H3,(H2,16,18,20)/t12-,13-/m0/s1. The van der Waals surface area contributed by atoms with Gasteiger partial charge in [-0.15, -0.1) is 0 Å². The fourth-order valence-corrected chi connectivity index (χ4v) is 3.85. The Morgan fingerprint density at radius 2 is 2.24 bits per heavy atom. The van der Waals surface area contributed by atoms with E-state index in [-0.39, 0.29) is 18.1 Å². The number of hydrogen-bond acceptors (Lipinski definition) is 3. The van der Waals surface area contributed by atoms with Gasteiger partial charge in [-0.3, -0.25) is 4.68 Å². The molecular weight excluding hydrogens is 284 g/mol. The second kappa shape index (κ2) is 6.30. The van der Waals surface area contributed by atoms with Crippen LogP contribution in [-0.2, 0) is 0 Å². The van der Waals surface area contributed by atoms with E-state index in [1.165, 1.54) is 25.7 Å². The average Bonchev–Trinajstić information content (AvgIpc) is 3.09. The number of carbonyl (C=O) groups excluding carboxylic acids is 1. The van der Waals surface area contributed by atoms with Crippen molar-refractivity contribution in [3.05, 3.63) is 18.5 Å². The third kappa shape index (κ3) is 3.54. The molecule has 0 aromatic carbocycles. The highest BCUT2D eigenvalue weighted by atomic mass is 32.2. The van der Waals surface area contributed by atoms with E-state index in [2.05, 4.69) is 22.0 Å². The Balaban J connectivity index is 1.53. The first kappa shape index (κ1) is 14.8. The van der Waals surface area contributed by atoms with E-state index >= 15 is 0 Å². The first-order valence-corrected chi connectivity index (χ1v) is 9.04. The van der Waals surface area contributed by atoms with E-state index in [0.717, 1.165) is 19.4 Å². The van der Waals surface area contributed by atoms with Crippen LogP contribution in [0.1, 0.15) is 44.6 Å². The Kier molecular flexibility index (Phi) is 4.42. The number of rotatable bonds is 5. The zero-order valence-corrected chi connectivity index (χ0v) is 13.4. The summed E-state index contributed by atoms with van der Waals surface area (Å²) in [5, 5.41) is 10.6. The van der Waals surface area contributed by atoms with Crippen LogP contribution in [-0.4, -0.2) is 39.4 Å². The smallest absolute Gasteiger partial charge is 0.315 e. The van der Waals surface area contributed by atoms with Crippen LogP contribution in [0.5, 0.6) is 0 Å². The van der Waals surface area contributed by atoms with Crippen molar-refractivity contribution in [2.45, 2.75) is 55.4 Å². The second-order valence-electron chi connectivity index (χ2n) is 6.16. The largest absolute Gasteiger partial charge is 0.337 e. The number of thioether (sulfide) groups is 1. The summed E-state index contributed by atoms with van der Waals surface area (Å²) in [5.74, 6) is 0. The van der Waals surface area contributed by atoms with Gasteiger partial charge in [-0.05, 0) is 38.0 Å². The molecule has 0 saturated heterocycles. The summed E-state index contributed by atoms with van der Waals surface area (Å²) in [7, 11) is 0. The first-order chi connectivity index (χ1) is 10.2. The fraction of sp³-hybridized carbons (Fsp3) is 0.733. The van der Waals surface area contributed by atoms with Crippen molar-refractivity contribution in [3.63, 3.8) is 0 Å². The van der Waals surface area contributed by atoms with Crippen molar-refractivity contribution in [2.75, 3.05) is 12.8 Å². The van der Waals surface area contributed by atoms with E-state index in [0.29, 0.717) is 4.75 Å². The zero-order chi connectivity index (χ0) is 14.7. The summed E-state index contributed by atoms with van der Waals surface area (Å²) < 4.78 is 2.31. The number of hydrogen-bond donors (Lipinski definition) is 2. The maximum atomic E-state index is 12.2. The topological polar surface area (TPSA) is 59.0 Å². The number of aromatic nitrogens is 2. The molecule has 1 aromatic rings. The van der Waals surface area contributed by atoms with Gasteiger partial charge in [0.15, 0.2) is 0 Å². The molecule has 6 heteroatoms. The SMILES string of the molecule is CSC1(CNC(=O)N[C@H]2CCCC[C@@H]2n2cccn2)CC1. The third-order valence-corrected chi connectivity index (χ3v) is 6.14. The average molecular weight is 308 g/mol. The minimum atomic E-state index is -0.0284. The first-order valence-electron chi connectivity index (χ1n) is 7.81. The van der Waals surface area contributed by atoms with Crippen LogP contribution >= 0.6 is 11.8 Å². The molecule has 116 valence electrons. The molecule has 0 bridgehead atoms. The van der Waals surface area contributed by atoms with Crippen LogP contribution in [0, 0.1) is 0 Å². The van der Waals surface area contributed by atoms with Crippen LogP contribution in [0.4, 0.5) is 4.79 Å². The lowest BCUT2D eigenvalue weighted by Crippen LogP contribution is -2.48. The number of urea groups is 1. The lowest BCUT2D eigenvalue weighted by molar-refractivity contribution is 0.214. The van der Waals surface area contributed by atoms with Gasteiger partial charge < -0.3 is 10.6 Å². The van der Waals surface area contributed by atoms with Crippen molar-refractivity contribution >= 4 is 17.8 Å². The molecule has 0 radical (unpaired) electrons. The van der Waals surface area contributed by atoms with Gasteiger partial charge in [-0.25, -0.2) is 4.79 Å². The van der Waals surface area contributed by atoms with E-state index in [9.17, 15) is 4.79 Å². The lowest BCUT2D eigenvalue weighted by Gasteiger charge is -2.32. The van der Waals surface area contributed by atoms with Gasteiger partial charge in [-0.1, -0.05) is 12.8 Å². The lowest BCUT2D eigenvalue weighted by atomic mass is 9.90. The Bertz CT molecular complexity index is 472. The highest BCUT2D eigenvalue weighted by molar-refractivity contribution is 8.00. The molecule has 1 aromatic heterocycles. The number of carbonyl (C=O) groups is 1. The summed E-state index contributed by atoms with van der Waals surface area (Å²) in [5.41, 5.74) is 0. The van der Waals surface area contributed by atoms with Crippen molar-refractivity contribution in [1.29, 1.82) is 0 Å². The molecule has 3 rings (SSSR count). The predicted molar refractivity (Wildman–Crippen MR) is 85.5 cm³/mol. The summed E-state index contributed by atoms with van der Waals surface area (Å²) in [6.45, 7) is 0.777. The minimum absolute atomic E-state index is 0.0284. The summed E-state index contributed by atoms with van der Waals surface area (Å²) in [6, 6.07) is 2.39. The fourth-order valence-electron chi connectivity index (χ4n) is 3.13. The number of nitrogens with zero attached hydrogens (tertiary/aromatic N) is 2. The van der Waals surface area contributed by atoms with Crippen LogP contribution in [0.15, 0.2) is 18.5 Å². The molecule has 2 fully saturated rings. The molecule has 2 atom stereocenters. The zero-order valence-electron chi connectivity index (χ0n) is 12.5. The monoisotopic (exact) mass is 308 g/mol. The van der Waals surface area contributed by atoms with Gasteiger partial charge in [0, 0.05) is 23.7 Å². The summed E-state index contributed by atoms with van der Waals surface area (Å²) in [4.78, 5) is 12.2. The molecule has 2 amide bonds. The molecule has 0 unspecified atom stereocenters. The molecule has 2 aliphatic rings. The van der Waals surface area contributed by atoms with Crippen molar-refractivity contribution in [3.8, 4) is 0 Å². The molecule has 2 N–H and O–H groups in total. The molecule has 0 spiro atoms. The maximum Gasteiger partial charge on any atom is 0.315 e. The van der Waals surface area contributed by atoms with E-state index < -0.39 is 0 Å². The highest BCUT2D eigenvalue weighted by Gasteiger charge is 2.42. The van der Waals surface area contributed by atoms with Crippen LogP contribution < -0.4 is 10.6 Å². The normalized spacial score (nSPS) is 27.1. The van der Waals surface area contributed by atoms with Gasteiger partial charge in [0.25, 0.3) is 0 Å². The number of amides is 2. The van der Waals surface area contributed by atoms with Gasteiger partial charge in [0.05, 0.1) is 12.1 Å². The van der Waals surface area contributed by atoms with E-state index in [1.807, 2.05) is 28.7 Å². The van der Waals surface area contributed by atoms with Crippen LogP contribution in [0.3, 0.4) is 0 Å². The Labute approximate surface area is 130 Å². The van der Waals surface area contributed by atoms with E-state index in [4.69, 9.17) is 0 Å². The Hall–Kier alpha value is -1.17. The summed E-state index contributed by atoms with van der Waals surface area (Å²) >= 11 is 1.87.